The number of hydrogen-bond donors (Lipinski definition) is 2. The van der Waals surface area contributed by atoms with Crippen molar-refractivity contribution < 1.29 is 0 Å². The van der Waals surface area contributed by atoms with Crippen molar-refractivity contribution in [1.82, 2.24) is 4.98 Å². The molecule has 72 valence electrons. The molecule has 0 fully saturated rings. The summed E-state index contributed by atoms with van der Waals surface area (Å²) in [4.78, 5) is 4.30. The third-order valence-electron chi connectivity index (χ3n) is 2.40. The van der Waals surface area contributed by atoms with Crippen LogP contribution in [0.15, 0.2) is 24.4 Å². The van der Waals surface area contributed by atoms with E-state index in [-0.39, 0.29) is 0 Å². The first kappa shape index (κ1) is 8.81. The maximum absolute atomic E-state index is 5.85. The first-order chi connectivity index (χ1) is 6.72. The van der Waals surface area contributed by atoms with Gasteiger partial charge in [0.1, 0.15) is 0 Å². The number of nitrogens with zero attached hydrogens (tertiary/aromatic N) is 1. The molecule has 0 atom stereocenters. The summed E-state index contributed by atoms with van der Waals surface area (Å²) in [5.74, 6) is 0. The van der Waals surface area contributed by atoms with Crippen molar-refractivity contribution in [2.75, 3.05) is 18.1 Å². The molecule has 1 aromatic heterocycles. The highest BCUT2D eigenvalue weighted by molar-refractivity contribution is 5.93. The van der Waals surface area contributed by atoms with Crippen molar-refractivity contribution in [3.05, 3.63) is 30.0 Å². The van der Waals surface area contributed by atoms with Crippen molar-refractivity contribution in [3.8, 4) is 0 Å². The van der Waals surface area contributed by atoms with Gasteiger partial charge >= 0.3 is 0 Å². The van der Waals surface area contributed by atoms with Crippen LogP contribution in [0, 0.1) is 6.92 Å². The molecule has 1 heterocycles. The van der Waals surface area contributed by atoms with Gasteiger partial charge in [-0.1, -0.05) is 0 Å². The maximum Gasteiger partial charge on any atom is 0.0726 e. The van der Waals surface area contributed by atoms with Crippen LogP contribution in [-0.4, -0.2) is 12.0 Å². The normalized spacial score (nSPS) is 10.4. The van der Waals surface area contributed by atoms with E-state index in [9.17, 15) is 0 Å². The molecule has 3 N–H and O–H groups in total. The number of aromatic nitrogens is 1. The Hall–Kier alpha value is -1.77. The molecule has 0 saturated carbocycles. The van der Waals surface area contributed by atoms with Crippen molar-refractivity contribution in [2.45, 2.75) is 6.92 Å². The number of pyridine rings is 1. The molecule has 0 aliphatic rings. The molecular formula is C11H13N3. The lowest BCUT2D eigenvalue weighted by Gasteiger charge is -2.07. The molecule has 0 radical (unpaired) electrons. The molecule has 0 unspecified atom stereocenters. The summed E-state index contributed by atoms with van der Waals surface area (Å²) in [5.41, 5.74) is 9.76. The Morgan fingerprint density at radius 1 is 1.36 bits per heavy atom. The summed E-state index contributed by atoms with van der Waals surface area (Å²) in [6, 6.07) is 5.91. The molecule has 14 heavy (non-hydrogen) atoms. The van der Waals surface area contributed by atoms with Gasteiger partial charge < -0.3 is 11.1 Å². The largest absolute Gasteiger partial charge is 0.398 e. The number of aryl methyl sites for hydroxylation is 1. The van der Waals surface area contributed by atoms with Crippen LogP contribution in [0.1, 0.15) is 5.56 Å². The van der Waals surface area contributed by atoms with Crippen LogP contribution >= 0.6 is 0 Å². The fourth-order valence-corrected chi connectivity index (χ4v) is 1.53. The van der Waals surface area contributed by atoms with Gasteiger partial charge in [-0.05, 0) is 30.7 Å². The monoisotopic (exact) mass is 187 g/mol. The molecule has 0 aliphatic carbocycles. The van der Waals surface area contributed by atoms with Gasteiger partial charge in [0.05, 0.1) is 5.52 Å². The predicted molar refractivity (Wildman–Crippen MR) is 60.4 cm³/mol. The standard InChI is InChI=1S/C11H13N3/c1-7-5-11-8(6-9(7)12)10(13-2)3-4-14-11/h3-6H,12H2,1-2H3,(H,13,14). The summed E-state index contributed by atoms with van der Waals surface area (Å²) >= 11 is 0. The SMILES string of the molecule is CNc1ccnc2cc(C)c(N)cc12. The summed E-state index contributed by atoms with van der Waals surface area (Å²) < 4.78 is 0. The highest BCUT2D eigenvalue weighted by atomic mass is 14.8. The molecule has 0 saturated heterocycles. The Morgan fingerprint density at radius 2 is 2.14 bits per heavy atom. The van der Waals surface area contributed by atoms with Gasteiger partial charge in [-0.15, -0.1) is 0 Å². The van der Waals surface area contributed by atoms with Crippen LogP contribution in [0.4, 0.5) is 11.4 Å². The smallest absolute Gasteiger partial charge is 0.0726 e. The van der Waals surface area contributed by atoms with Gasteiger partial charge in [0.25, 0.3) is 0 Å². The second kappa shape index (κ2) is 3.18. The quantitative estimate of drug-likeness (QED) is 0.673. The van der Waals surface area contributed by atoms with Gasteiger partial charge in [-0.3, -0.25) is 4.98 Å². The summed E-state index contributed by atoms with van der Waals surface area (Å²) in [6.45, 7) is 1.99. The van der Waals surface area contributed by atoms with Crippen LogP contribution in [-0.2, 0) is 0 Å². The summed E-state index contributed by atoms with van der Waals surface area (Å²) in [6.07, 6.45) is 1.80. The Morgan fingerprint density at radius 3 is 2.86 bits per heavy atom. The second-order valence-electron chi connectivity index (χ2n) is 3.33. The van der Waals surface area contributed by atoms with Crippen molar-refractivity contribution >= 4 is 22.3 Å². The van der Waals surface area contributed by atoms with E-state index in [1.807, 2.05) is 32.2 Å². The molecule has 0 amide bonds. The first-order valence-corrected chi connectivity index (χ1v) is 4.55. The Labute approximate surface area is 83.0 Å². The highest BCUT2D eigenvalue weighted by Crippen LogP contribution is 2.25. The Bertz CT molecular complexity index is 477. The molecule has 2 aromatic rings. The Kier molecular flexibility index (Phi) is 2.00. The van der Waals surface area contributed by atoms with Crippen molar-refractivity contribution in [2.24, 2.45) is 0 Å². The fourth-order valence-electron chi connectivity index (χ4n) is 1.53. The van der Waals surface area contributed by atoms with Crippen LogP contribution in [0.3, 0.4) is 0 Å². The van der Waals surface area contributed by atoms with Crippen LogP contribution in [0.2, 0.25) is 0 Å². The molecule has 1 aromatic carbocycles. The topological polar surface area (TPSA) is 50.9 Å². The average Bonchev–Trinajstić information content (AvgIpc) is 2.19. The Balaban J connectivity index is 2.81. The number of rotatable bonds is 1. The van der Waals surface area contributed by atoms with E-state index in [1.54, 1.807) is 6.20 Å². The van der Waals surface area contributed by atoms with Crippen molar-refractivity contribution in [1.29, 1.82) is 0 Å². The number of nitrogens with two attached hydrogens (primary N) is 1. The zero-order valence-corrected chi connectivity index (χ0v) is 8.33. The van der Waals surface area contributed by atoms with Gasteiger partial charge in [-0.2, -0.15) is 0 Å². The third-order valence-corrected chi connectivity index (χ3v) is 2.40. The van der Waals surface area contributed by atoms with Gasteiger partial charge in [-0.25, -0.2) is 0 Å². The number of fused-ring (bicyclic) bond motifs is 1. The van der Waals surface area contributed by atoms with E-state index < -0.39 is 0 Å². The molecule has 3 nitrogen and oxygen atoms in total. The van der Waals surface area contributed by atoms with E-state index in [1.165, 1.54) is 0 Å². The maximum atomic E-state index is 5.85. The summed E-state index contributed by atoms with van der Waals surface area (Å²) in [7, 11) is 1.89. The third kappa shape index (κ3) is 1.27. The number of anilines is 2. The minimum Gasteiger partial charge on any atom is -0.398 e. The molecule has 3 heteroatoms. The first-order valence-electron chi connectivity index (χ1n) is 4.55. The molecule has 2 rings (SSSR count). The zero-order chi connectivity index (χ0) is 10.1. The second-order valence-corrected chi connectivity index (χ2v) is 3.33. The van der Waals surface area contributed by atoms with Crippen LogP contribution < -0.4 is 11.1 Å². The van der Waals surface area contributed by atoms with E-state index >= 15 is 0 Å². The lowest BCUT2D eigenvalue weighted by Crippen LogP contribution is -1.94. The highest BCUT2D eigenvalue weighted by Gasteiger charge is 2.02. The number of nitrogen functional groups attached to an aromatic ring is 1. The predicted octanol–water partition coefficient (Wildman–Crippen LogP) is 2.17. The minimum atomic E-state index is 0.807. The fraction of sp³-hybridized carbons (Fsp3) is 0.182. The number of nitrogens with one attached hydrogen (secondary N) is 1. The van der Waals surface area contributed by atoms with Gasteiger partial charge in [0.15, 0.2) is 0 Å². The van der Waals surface area contributed by atoms with E-state index in [0.29, 0.717) is 0 Å². The van der Waals surface area contributed by atoms with E-state index in [0.717, 1.165) is 27.8 Å². The van der Waals surface area contributed by atoms with E-state index in [2.05, 4.69) is 10.3 Å². The summed E-state index contributed by atoms with van der Waals surface area (Å²) in [5, 5.41) is 4.19. The van der Waals surface area contributed by atoms with Crippen LogP contribution in [0.25, 0.3) is 10.9 Å². The molecular weight excluding hydrogens is 174 g/mol. The molecule has 0 spiro atoms. The lowest BCUT2D eigenvalue weighted by atomic mass is 10.1. The lowest BCUT2D eigenvalue weighted by molar-refractivity contribution is 1.37. The number of hydrogen-bond acceptors (Lipinski definition) is 3. The zero-order valence-electron chi connectivity index (χ0n) is 8.33. The van der Waals surface area contributed by atoms with Gasteiger partial charge in [0.2, 0.25) is 0 Å². The minimum absolute atomic E-state index is 0.807. The number of benzene rings is 1. The molecule has 0 bridgehead atoms. The van der Waals surface area contributed by atoms with Crippen molar-refractivity contribution in [3.63, 3.8) is 0 Å². The van der Waals surface area contributed by atoms with Crippen LogP contribution in [0.5, 0.6) is 0 Å². The van der Waals surface area contributed by atoms with E-state index in [4.69, 9.17) is 5.73 Å². The molecule has 0 aliphatic heterocycles. The average molecular weight is 187 g/mol. The van der Waals surface area contributed by atoms with Gasteiger partial charge in [0, 0.05) is 30.0 Å².